The van der Waals surface area contributed by atoms with E-state index in [0.717, 1.165) is 42.8 Å². The standard InChI is InChI=1S/C21H24F3N5O2/c1-11(2)15-10-18(30)27-20(25-15)29-17(9-16(28-29)12-3-4-12)26-19(31)13-5-7-14(8-6-13)21(22,23)24/h5-9,11-12,15,20,25H,3-4,10H2,1-2H3,(H,26,31)(H,27,30). The van der Waals surface area contributed by atoms with Crippen LogP contribution in [0, 0.1) is 5.92 Å². The number of nitrogens with one attached hydrogen (secondary N) is 3. The van der Waals surface area contributed by atoms with E-state index in [4.69, 9.17) is 0 Å². The molecule has 7 nitrogen and oxygen atoms in total. The number of anilines is 1. The minimum atomic E-state index is -4.47. The molecule has 31 heavy (non-hydrogen) atoms. The first kappa shape index (κ1) is 21.4. The molecule has 1 aromatic heterocycles. The number of alkyl halides is 3. The predicted molar refractivity (Wildman–Crippen MR) is 107 cm³/mol. The Morgan fingerprint density at radius 1 is 1.23 bits per heavy atom. The molecule has 1 saturated carbocycles. The van der Waals surface area contributed by atoms with Gasteiger partial charge in [-0.2, -0.15) is 18.3 Å². The predicted octanol–water partition coefficient (Wildman–Crippen LogP) is 3.62. The Morgan fingerprint density at radius 2 is 1.90 bits per heavy atom. The molecule has 2 heterocycles. The Balaban J connectivity index is 1.58. The van der Waals surface area contributed by atoms with E-state index >= 15 is 0 Å². The molecule has 3 N–H and O–H groups in total. The number of aromatic nitrogens is 2. The van der Waals surface area contributed by atoms with Gasteiger partial charge in [-0.05, 0) is 43.0 Å². The molecule has 10 heteroatoms. The highest BCUT2D eigenvalue weighted by Crippen LogP contribution is 2.40. The Labute approximate surface area is 177 Å². The van der Waals surface area contributed by atoms with Crippen molar-refractivity contribution in [3.8, 4) is 0 Å². The van der Waals surface area contributed by atoms with Crippen LogP contribution in [0.5, 0.6) is 0 Å². The lowest BCUT2D eigenvalue weighted by molar-refractivity contribution is -0.137. The van der Waals surface area contributed by atoms with Crippen molar-refractivity contribution in [3.05, 3.63) is 47.2 Å². The molecule has 0 radical (unpaired) electrons. The molecule has 1 saturated heterocycles. The van der Waals surface area contributed by atoms with Gasteiger partial charge in [0.2, 0.25) is 5.91 Å². The van der Waals surface area contributed by atoms with Gasteiger partial charge in [0.05, 0.1) is 11.3 Å². The van der Waals surface area contributed by atoms with E-state index in [1.807, 2.05) is 13.8 Å². The monoisotopic (exact) mass is 435 g/mol. The van der Waals surface area contributed by atoms with Gasteiger partial charge in [0.1, 0.15) is 5.82 Å². The van der Waals surface area contributed by atoms with E-state index in [-0.39, 0.29) is 23.4 Å². The van der Waals surface area contributed by atoms with E-state index in [1.165, 1.54) is 4.68 Å². The highest BCUT2D eigenvalue weighted by atomic mass is 19.4. The molecule has 2 aromatic rings. The lowest BCUT2D eigenvalue weighted by Gasteiger charge is -2.34. The summed E-state index contributed by atoms with van der Waals surface area (Å²) in [4.78, 5) is 24.9. The fraction of sp³-hybridized carbons (Fsp3) is 0.476. The van der Waals surface area contributed by atoms with Gasteiger partial charge >= 0.3 is 6.18 Å². The molecule has 2 amide bonds. The van der Waals surface area contributed by atoms with Crippen molar-refractivity contribution in [2.45, 2.75) is 57.5 Å². The molecule has 2 unspecified atom stereocenters. The summed E-state index contributed by atoms with van der Waals surface area (Å²) in [5.74, 6) is 0.222. The summed E-state index contributed by atoms with van der Waals surface area (Å²) in [6, 6.07) is 5.72. The molecule has 0 bridgehead atoms. The van der Waals surface area contributed by atoms with Crippen molar-refractivity contribution in [2.24, 2.45) is 5.92 Å². The largest absolute Gasteiger partial charge is 0.416 e. The Hall–Kier alpha value is -2.88. The Morgan fingerprint density at radius 3 is 2.48 bits per heavy atom. The molecular formula is C21H24F3N5O2. The van der Waals surface area contributed by atoms with Crippen molar-refractivity contribution in [1.82, 2.24) is 20.4 Å². The van der Waals surface area contributed by atoms with Crippen LogP contribution in [-0.4, -0.2) is 27.6 Å². The number of hydrogen-bond donors (Lipinski definition) is 3. The summed E-state index contributed by atoms with van der Waals surface area (Å²) in [6.07, 6.45) is -2.75. The first-order valence-corrected chi connectivity index (χ1v) is 10.3. The van der Waals surface area contributed by atoms with Crippen LogP contribution >= 0.6 is 0 Å². The van der Waals surface area contributed by atoms with Gasteiger partial charge < -0.3 is 10.6 Å². The zero-order valence-corrected chi connectivity index (χ0v) is 17.2. The normalized spacial score (nSPS) is 21.8. The lowest BCUT2D eigenvalue weighted by atomic mass is 9.99. The molecule has 2 aliphatic rings. The molecule has 2 fully saturated rings. The van der Waals surface area contributed by atoms with Gasteiger partial charge in [0.25, 0.3) is 5.91 Å². The topological polar surface area (TPSA) is 88.1 Å². The molecule has 4 rings (SSSR count). The molecular weight excluding hydrogens is 411 g/mol. The van der Waals surface area contributed by atoms with Crippen LogP contribution in [0.3, 0.4) is 0 Å². The van der Waals surface area contributed by atoms with Gasteiger partial charge in [-0.1, -0.05) is 13.8 Å². The second-order valence-electron chi connectivity index (χ2n) is 8.39. The van der Waals surface area contributed by atoms with E-state index in [2.05, 4.69) is 21.0 Å². The summed E-state index contributed by atoms with van der Waals surface area (Å²) in [6.45, 7) is 4.03. The number of carbonyl (C=O) groups is 2. The summed E-state index contributed by atoms with van der Waals surface area (Å²) >= 11 is 0. The first-order valence-electron chi connectivity index (χ1n) is 10.3. The number of amides is 2. The molecule has 166 valence electrons. The molecule has 1 aliphatic carbocycles. The fourth-order valence-electron chi connectivity index (χ4n) is 3.56. The number of hydrogen-bond acceptors (Lipinski definition) is 4. The van der Waals surface area contributed by atoms with Gasteiger partial charge in [-0.3, -0.25) is 14.9 Å². The average molecular weight is 435 g/mol. The van der Waals surface area contributed by atoms with Crippen LogP contribution in [0.1, 0.15) is 66.9 Å². The molecule has 2 atom stereocenters. The quantitative estimate of drug-likeness (QED) is 0.670. The van der Waals surface area contributed by atoms with Crippen LogP contribution in [0.2, 0.25) is 0 Å². The summed E-state index contributed by atoms with van der Waals surface area (Å²) in [5, 5.41) is 13.5. The van der Waals surface area contributed by atoms with Gasteiger partial charge in [-0.15, -0.1) is 0 Å². The van der Waals surface area contributed by atoms with E-state index in [1.54, 1.807) is 6.07 Å². The van der Waals surface area contributed by atoms with Crippen LogP contribution in [0.4, 0.5) is 19.0 Å². The first-order chi connectivity index (χ1) is 14.6. The minimum Gasteiger partial charge on any atom is -0.322 e. The third-order valence-corrected chi connectivity index (χ3v) is 5.59. The maximum absolute atomic E-state index is 12.8. The SMILES string of the molecule is CC(C)C1CC(=O)NC(n2nc(C3CC3)cc2NC(=O)c2ccc(C(F)(F)F)cc2)N1. The second-order valence-corrected chi connectivity index (χ2v) is 8.39. The Bertz CT molecular complexity index is 980. The molecule has 1 aliphatic heterocycles. The van der Waals surface area contributed by atoms with Gasteiger partial charge in [0.15, 0.2) is 6.29 Å². The zero-order chi connectivity index (χ0) is 22.3. The Kier molecular flexibility index (Phi) is 5.50. The maximum Gasteiger partial charge on any atom is 0.416 e. The van der Waals surface area contributed by atoms with Crippen molar-refractivity contribution < 1.29 is 22.8 Å². The lowest BCUT2D eigenvalue weighted by Crippen LogP contribution is -2.55. The van der Waals surface area contributed by atoms with Crippen molar-refractivity contribution in [3.63, 3.8) is 0 Å². The van der Waals surface area contributed by atoms with E-state index < -0.39 is 23.9 Å². The molecule has 0 spiro atoms. The van der Waals surface area contributed by atoms with Gasteiger partial charge in [-0.25, -0.2) is 4.68 Å². The van der Waals surface area contributed by atoms with Gasteiger partial charge in [0, 0.05) is 30.0 Å². The summed E-state index contributed by atoms with van der Waals surface area (Å²) in [5.41, 5.74) is 0.0822. The molecule has 1 aromatic carbocycles. The zero-order valence-electron chi connectivity index (χ0n) is 17.2. The van der Waals surface area contributed by atoms with Crippen LogP contribution in [0.15, 0.2) is 30.3 Å². The summed E-state index contributed by atoms with van der Waals surface area (Å²) < 4.78 is 39.9. The smallest absolute Gasteiger partial charge is 0.322 e. The average Bonchev–Trinajstić information content (AvgIpc) is 3.47. The van der Waals surface area contributed by atoms with E-state index in [0.29, 0.717) is 18.2 Å². The third kappa shape index (κ3) is 4.73. The second kappa shape index (κ2) is 7.99. The van der Waals surface area contributed by atoms with Crippen molar-refractivity contribution in [2.75, 3.05) is 5.32 Å². The van der Waals surface area contributed by atoms with E-state index in [9.17, 15) is 22.8 Å². The fourth-order valence-corrected chi connectivity index (χ4v) is 3.56. The maximum atomic E-state index is 12.8. The highest BCUT2D eigenvalue weighted by molar-refractivity contribution is 6.03. The van der Waals surface area contributed by atoms with Crippen LogP contribution in [0.25, 0.3) is 0 Å². The van der Waals surface area contributed by atoms with Crippen molar-refractivity contribution >= 4 is 17.6 Å². The summed E-state index contributed by atoms with van der Waals surface area (Å²) in [7, 11) is 0. The van der Waals surface area contributed by atoms with Crippen LogP contribution in [-0.2, 0) is 11.0 Å². The number of halogens is 3. The number of benzene rings is 1. The number of nitrogens with zero attached hydrogens (tertiary/aromatic N) is 2. The highest BCUT2D eigenvalue weighted by Gasteiger charge is 2.34. The van der Waals surface area contributed by atoms with Crippen molar-refractivity contribution in [1.29, 1.82) is 0 Å². The third-order valence-electron chi connectivity index (χ3n) is 5.59. The van der Waals surface area contributed by atoms with Crippen LogP contribution < -0.4 is 16.0 Å². The number of carbonyl (C=O) groups excluding carboxylic acids is 2. The minimum absolute atomic E-state index is 0.0502. The number of rotatable bonds is 5.